The molecule has 1 aromatic rings. The number of hydrogen-bond donors (Lipinski definition) is 1. The number of anilines is 1. The highest BCUT2D eigenvalue weighted by Gasteiger charge is 1.96. The summed E-state index contributed by atoms with van der Waals surface area (Å²) >= 11 is 6.51. The first-order chi connectivity index (χ1) is 4.22. The average molecular weight is 250 g/mol. The topological polar surface area (TPSA) is 26.0 Å². The fourth-order valence-corrected chi connectivity index (χ4v) is 1.40. The number of rotatable bonds is 0. The molecule has 0 aromatic heterocycles. The van der Waals surface area contributed by atoms with Crippen LogP contribution in [0.2, 0.25) is 0 Å². The third-order valence-corrected chi connectivity index (χ3v) is 2.28. The minimum absolute atomic E-state index is 0.692. The summed E-state index contributed by atoms with van der Waals surface area (Å²) in [7, 11) is 0. The molecule has 1 aromatic carbocycles. The van der Waals surface area contributed by atoms with Crippen LogP contribution in [-0.2, 0) is 0 Å². The normalized spacial score (nSPS) is 9.56. The highest BCUT2D eigenvalue weighted by Crippen LogP contribution is 2.26. The molecule has 0 bridgehead atoms. The van der Waals surface area contributed by atoms with Gasteiger partial charge in [-0.25, -0.2) is 0 Å². The first-order valence-electron chi connectivity index (χ1n) is 2.33. The van der Waals surface area contributed by atoms with Gasteiger partial charge in [-0.1, -0.05) is 6.07 Å². The lowest BCUT2D eigenvalue weighted by Gasteiger charge is -1.97. The minimum atomic E-state index is 0.692. The van der Waals surface area contributed by atoms with Gasteiger partial charge in [0.25, 0.3) is 0 Å². The van der Waals surface area contributed by atoms with Crippen LogP contribution in [0.3, 0.4) is 0 Å². The molecule has 1 rings (SSSR count). The SMILES string of the molecule is Nc1c(Br)[c]ccc1Br. The van der Waals surface area contributed by atoms with Crippen LogP contribution in [0.15, 0.2) is 21.1 Å². The molecule has 9 heavy (non-hydrogen) atoms. The summed E-state index contributed by atoms with van der Waals surface area (Å²) in [5, 5.41) is 0. The van der Waals surface area contributed by atoms with Gasteiger partial charge in [-0.05, 0) is 44.0 Å². The lowest BCUT2D eigenvalue weighted by atomic mass is 10.3. The highest BCUT2D eigenvalue weighted by molar-refractivity contribution is 9.11. The van der Waals surface area contributed by atoms with Crippen LogP contribution >= 0.6 is 31.9 Å². The molecule has 0 fully saturated rings. The van der Waals surface area contributed by atoms with Gasteiger partial charge in [0, 0.05) is 8.95 Å². The molecule has 0 amide bonds. The standard InChI is InChI=1S/C6H4Br2N/c7-4-2-1-3-5(8)6(4)9/h1-2H,9H2. The first-order valence-corrected chi connectivity index (χ1v) is 3.91. The Morgan fingerprint density at radius 2 is 2.11 bits per heavy atom. The first kappa shape index (κ1) is 7.09. The summed E-state index contributed by atoms with van der Waals surface area (Å²) < 4.78 is 1.70. The molecule has 0 aliphatic carbocycles. The molecule has 0 saturated carbocycles. The lowest BCUT2D eigenvalue weighted by molar-refractivity contribution is 1.57. The number of halogens is 2. The van der Waals surface area contributed by atoms with E-state index < -0.39 is 0 Å². The molecular formula is C6H4Br2N. The molecule has 1 nitrogen and oxygen atoms in total. The zero-order valence-electron chi connectivity index (χ0n) is 4.49. The Balaban J connectivity index is 3.25. The zero-order chi connectivity index (χ0) is 6.85. The average Bonchev–Trinajstić information content (AvgIpc) is 1.83. The second kappa shape index (κ2) is 2.71. The summed E-state index contributed by atoms with van der Waals surface area (Å²) in [6.07, 6.45) is 0. The van der Waals surface area contributed by atoms with E-state index in [0.717, 1.165) is 8.95 Å². The molecule has 2 N–H and O–H groups in total. The zero-order valence-corrected chi connectivity index (χ0v) is 7.66. The Morgan fingerprint density at radius 1 is 1.44 bits per heavy atom. The maximum Gasteiger partial charge on any atom is 0.0609 e. The minimum Gasteiger partial charge on any atom is -0.397 e. The predicted octanol–water partition coefficient (Wildman–Crippen LogP) is 2.59. The van der Waals surface area contributed by atoms with Crippen molar-refractivity contribution in [2.45, 2.75) is 0 Å². The van der Waals surface area contributed by atoms with E-state index in [9.17, 15) is 0 Å². The Labute approximate surface area is 70.5 Å². The fraction of sp³-hybridized carbons (Fsp3) is 0. The van der Waals surface area contributed by atoms with Gasteiger partial charge in [0.1, 0.15) is 0 Å². The summed E-state index contributed by atoms with van der Waals surface area (Å²) in [6, 6.07) is 6.55. The van der Waals surface area contributed by atoms with E-state index >= 15 is 0 Å². The smallest absolute Gasteiger partial charge is 0.0609 e. The van der Waals surface area contributed by atoms with Crippen molar-refractivity contribution in [1.29, 1.82) is 0 Å². The third kappa shape index (κ3) is 1.46. The molecule has 0 heterocycles. The van der Waals surface area contributed by atoms with E-state index in [1.54, 1.807) is 6.07 Å². The molecule has 0 saturated heterocycles. The van der Waals surface area contributed by atoms with Crippen LogP contribution in [0.4, 0.5) is 5.69 Å². The van der Waals surface area contributed by atoms with Crippen molar-refractivity contribution >= 4 is 37.5 Å². The van der Waals surface area contributed by atoms with Gasteiger partial charge < -0.3 is 5.73 Å². The molecule has 0 unspecified atom stereocenters. The maximum absolute atomic E-state index is 5.56. The highest BCUT2D eigenvalue weighted by atomic mass is 79.9. The Morgan fingerprint density at radius 3 is 2.56 bits per heavy atom. The van der Waals surface area contributed by atoms with Gasteiger partial charge >= 0.3 is 0 Å². The van der Waals surface area contributed by atoms with Crippen LogP contribution in [-0.4, -0.2) is 0 Å². The van der Waals surface area contributed by atoms with Crippen LogP contribution in [0.5, 0.6) is 0 Å². The quantitative estimate of drug-likeness (QED) is 0.703. The molecule has 0 aliphatic heterocycles. The van der Waals surface area contributed by atoms with E-state index in [2.05, 4.69) is 37.9 Å². The van der Waals surface area contributed by atoms with E-state index in [0.29, 0.717) is 5.69 Å². The largest absolute Gasteiger partial charge is 0.397 e. The van der Waals surface area contributed by atoms with Crippen LogP contribution in [0.25, 0.3) is 0 Å². The van der Waals surface area contributed by atoms with Gasteiger partial charge in [-0.2, -0.15) is 0 Å². The van der Waals surface area contributed by atoms with Crippen LogP contribution in [0, 0.1) is 6.07 Å². The molecule has 1 radical (unpaired) electrons. The summed E-state index contributed by atoms with van der Waals surface area (Å²) in [5.74, 6) is 0. The van der Waals surface area contributed by atoms with Gasteiger partial charge in [-0.15, -0.1) is 0 Å². The van der Waals surface area contributed by atoms with Crippen molar-refractivity contribution in [2.75, 3.05) is 5.73 Å². The predicted molar refractivity (Wildman–Crippen MR) is 45.1 cm³/mol. The Bertz CT molecular complexity index is 202. The monoisotopic (exact) mass is 248 g/mol. The third-order valence-electron chi connectivity index (χ3n) is 0.933. The molecule has 0 atom stereocenters. The Hall–Kier alpha value is -0.0200. The number of nitrogen functional groups attached to an aromatic ring is 1. The fourth-order valence-electron chi connectivity index (χ4n) is 0.460. The summed E-state index contributed by atoms with van der Waals surface area (Å²) in [6.45, 7) is 0. The van der Waals surface area contributed by atoms with Crippen molar-refractivity contribution in [2.24, 2.45) is 0 Å². The van der Waals surface area contributed by atoms with Crippen LogP contribution in [0.1, 0.15) is 0 Å². The number of nitrogens with two attached hydrogens (primary N) is 1. The van der Waals surface area contributed by atoms with Crippen molar-refractivity contribution in [3.05, 3.63) is 27.1 Å². The molecular weight excluding hydrogens is 246 g/mol. The summed E-state index contributed by atoms with van der Waals surface area (Å²) in [4.78, 5) is 0. The van der Waals surface area contributed by atoms with Gasteiger partial charge in [0.05, 0.1) is 5.69 Å². The van der Waals surface area contributed by atoms with Gasteiger partial charge in [0.2, 0.25) is 0 Å². The molecule has 0 aliphatic rings. The molecule has 3 heteroatoms. The summed E-state index contributed by atoms with van der Waals surface area (Å²) in [5.41, 5.74) is 6.25. The second-order valence-electron chi connectivity index (χ2n) is 1.55. The van der Waals surface area contributed by atoms with E-state index in [1.807, 2.05) is 6.07 Å². The van der Waals surface area contributed by atoms with Crippen molar-refractivity contribution in [3.8, 4) is 0 Å². The lowest BCUT2D eigenvalue weighted by Crippen LogP contribution is -1.86. The van der Waals surface area contributed by atoms with Gasteiger partial charge in [-0.3, -0.25) is 0 Å². The van der Waals surface area contributed by atoms with Crippen molar-refractivity contribution in [1.82, 2.24) is 0 Å². The van der Waals surface area contributed by atoms with E-state index in [-0.39, 0.29) is 0 Å². The van der Waals surface area contributed by atoms with Crippen molar-refractivity contribution in [3.63, 3.8) is 0 Å². The number of hydrogen-bond acceptors (Lipinski definition) is 1. The van der Waals surface area contributed by atoms with Crippen LogP contribution < -0.4 is 5.73 Å². The number of benzene rings is 1. The van der Waals surface area contributed by atoms with E-state index in [1.165, 1.54) is 0 Å². The second-order valence-corrected chi connectivity index (χ2v) is 3.20. The molecule has 0 spiro atoms. The van der Waals surface area contributed by atoms with E-state index in [4.69, 9.17) is 5.73 Å². The maximum atomic E-state index is 5.56. The molecule has 47 valence electrons. The van der Waals surface area contributed by atoms with Gasteiger partial charge in [0.15, 0.2) is 0 Å². The van der Waals surface area contributed by atoms with Crippen molar-refractivity contribution < 1.29 is 0 Å². The Kier molecular flexibility index (Phi) is 2.13.